The van der Waals surface area contributed by atoms with Crippen LogP contribution in [-0.2, 0) is 19.1 Å². The fraction of sp³-hybridized carbons (Fsp3) is 0.545. The van der Waals surface area contributed by atoms with E-state index in [1.54, 1.807) is 29.1 Å². The lowest BCUT2D eigenvalue weighted by Gasteiger charge is -2.55. The highest BCUT2D eigenvalue weighted by atomic mass is 19.3. The third-order valence-corrected chi connectivity index (χ3v) is 13.7. The summed E-state index contributed by atoms with van der Waals surface area (Å²) in [6.45, 7) is 7.03. The quantitative estimate of drug-likeness (QED) is 0.121. The summed E-state index contributed by atoms with van der Waals surface area (Å²) in [6, 6.07) is 5.81. The lowest BCUT2D eigenvalue weighted by molar-refractivity contribution is -0.136. The van der Waals surface area contributed by atoms with Gasteiger partial charge in [-0.25, -0.2) is 18.3 Å². The molecule has 10 rings (SSSR count). The van der Waals surface area contributed by atoms with E-state index in [0.717, 1.165) is 95.2 Å². The van der Waals surface area contributed by atoms with Gasteiger partial charge < -0.3 is 29.9 Å². The van der Waals surface area contributed by atoms with Gasteiger partial charge in [-0.15, -0.1) is 0 Å². The van der Waals surface area contributed by atoms with Crippen LogP contribution < -0.4 is 20.9 Å². The van der Waals surface area contributed by atoms with Crippen molar-refractivity contribution in [2.24, 2.45) is 11.3 Å². The Kier molecular flexibility index (Phi) is 11.4. The fourth-order valence-electron chi connectivity index (χ4n) is 10.2. The third kappa shape index (κ3) is 8.10. The van der Waals surface area contributed by atoms with Crippen LogP contribution in [0.3, 0.4) is 0 Å². The van der Waals surface area contributed by atoms with Crippen molar-refractivity contribution in [2.75, 3.05) is 74.6 Å². The summed E-state index contributed by atoms with van der Waals surface area (Å²) in [6.07, 6.45) is 8.14. The van der Waals surface area contributed by atoms with Crippen LogP contribution in [0.5, 0.6) is 0 Å². The van der Waals surface area contributed by atoms with Gasteiger partial charge in [0.1, 0.15) is 17.4 Å². The molecule has 18 nitrogen and oxygen atoms in total. The molecule has 3 N–H and O–H groups in total. The third-order valence-electron chi connectivity index (χ3n) is 13.7. The molecule has 0 radical (unpaired) electrons. The largest absolute Gasteiger partial charge is 0.384 e. The average Bonchev–Trinajstić information content (AvgIpc) is 3.95. The van der Waals surface area contributed by atoms with Crippen molar-refractivity contribution in [3.8, 4) is 0 Å². The number of halogens is 2. The number of amides is 5. The zero-order valence-corrected chi connectivity index (χ0v) is 35.3. The number of ether oxygens (including phenoxy) is 2. The van der Waals surface area contributed by atoms with Crippen molar-refractivity contribution < 1.29 is 42.2 Å². The zero-order valence-electron chi connectivity index (χ0n) is 35.3. The summed E-state index contributed by atoms with van der Waals surface area (Å²) >= 11 is 0. The summed E-state index contributed by atoms with van der Waals surface area (Å²) in [5.74, 6) is -1.49. The first kappa shape index (κ1) is 42.1. The van der Waals surface area contributed by atoms with Crippen molar-refractivity contribution in [3.63, 3.8) is 0 Å². The average molecular weight is 884 g/mol. The summed E-state index contributed by atoms with van der Waals surface area (Å²) in [5.41, 5.74) is 1.27. The number of hydrogen-bond donors (Lipinski definition) is 3. The number of likely N-dealkylation sites (tertiary alicyclic amines) is 1. The summed E-state index contributed by atoms with van der Waals surface area (Å²) in [7, 11) is 0. The van der Waals surface area contributed by atoms with E-state index in [1.807, 2.05) is 6.07 Å². The highest BCUT2D eigenvalue weighted by Gasteiger charge is 2.50. The number of benzene rings is 1. The Labute approximate surface area is 367 Å². The van der Waals surface area contributed by atoms with E-state index in [2.05, 4.69) is 35.9 Å². The number of piperidine rings is 2. The molecule has 1 spiro atoms. The van der Waals surface area contributed by atoms with Crippen molar-refractivity contribution in [1.29, 1.82) is 0 Å². The van der Waals surface area contributed by atoms with Crippen LogP contribution in [-0.4, -0.2) is 135 Å². The van der Waals surface area contributed by atoms with Crippen molar-refractivity contribution in [1.82, 2.24) is 39.5 Å². The van der Waals surface area contributed by atoms with Gasteiger partial charge in [-0.3, -0.25) is 38.9 Å². The van der Waals surface area contributed by atoms with E-state index in [0.29, 0.717) is 36.8 Å². The molecular weight excluding hydrogens is 833 g/mol. The van der Waals surface area contributed by atoms with Crippen LogP contribution in [0.2, 0.25) is 0 Å². The molecule has 3 aromatic heterocycles. The molecule has 1 aliphatic carbocycles. The standard InChI is InChI=1S/C44H51F2N11O7/c45-38(46)37-32(49-40(59)30-19-48-55-17-13-34(50-39(30)55)54-22-44(23-54)24-63-25-44)21-56(52-37)27-7-5-26(6-8-27)20-53-15-11-28(12-16-53)64-18-2-14-47-31-4-1-3-29-36(31)43(62)57(42(29)61)33-9-10-35(58)51-41(33)60/h1,3-4,13,17,19,21,26-28,33,38,47H,2,5-12,14-16,18,20,22-25H2,(H,49,59)(H,51,58,60). The van der Waals surface area contributed by atoms with Gasteiger partial charge in [0.2, 0.25) is 11.8 Å². The fourth-order valence-corrected chi connectivity index (χ4v) is 10.2. The number of fused-ring (bicyclic) bond motifs is 2. The van der Waals surface area contributed by atoms with Gasteiger partial charge in [-0.05, 0) is 75.5 Å². The number of aromatic nitrogens is 5. The number of rotatable bonds is 14. The topological polar surface area (TPSA) is 198 Å². The Balaban J connectivity index is 0.653. The van der Waals surface area contributed by atoms with E-state index in [1.165, 1.54) is 16.9 Å². The molecule has 8 heterocycles. The number of carbonyl (C=O) groups excluding carboxylic acids is 5. The molecule has 0 bridgehead atoms. The molecule has 20 heteroatoms. The number of nitrogens with one attached hydrogen (secondary N) is 3. The lowest BCUT2D eigenvalue weighted by atomic mass is 9.78. The smallest absolute Gasteiger partial charge is 0.284 e. The molecule has 1 atom stereocenters. The van der Waals surface area contributed by atoms with E-state index < -0.39 is 47.7 Å². The summed E-state index contributed by atoms with van der Waals surface area (Å²) < 4.78 is 43.3. The Morgan fingerprint density at radius 2 is 1.78 bits per heavy atom. The number of hydrogen-bond acceptors (Lipinski definition) is 13. The Morgan fingerprint density at radius 3 is 2.52 bits per heavy atom. The van der Waals surface area contributed by atoms with E-state index in [-0.39, 0.29) is 52.8 Å². The number of nitrogens with zero attached hydrogens (tertiary/aromatic N) is 8. The van der Waals surface area contributed by atoms with Gasteiger partial charge in [0.05, 0.1) is 53.8 Å². The second-order valence-electron chi connectivity index (χ2n) is 18.1. The van der Waals surface area contributed by atoms with E-state index >= 15 is 0 Å². The molecular formula is C44H51F2N11O7. The SMILES string of the molecule is O=C1CCC(N2C(=O)c3cccc(NCCCOC4CCN(CC5CCC(n6cc(NC(=O)c7cnn8ccc(N9CC%10(COC%10)C9)nc78)c(C(F)F)n6)CC5)CC4)c3C2=O)C(=O)N1. The first-order chi connectivity index (χ1) is 31.0. The molecule has 1 saturated carbocycles. The van der Waals surface area contributed by atoms with E-state index in [9.17, 15) is 32.8 Å². The molecule has 4 saturated heterocycles. The Hall–Kier alpha value is -5.86. The second kappa shape index (κ2) is 17.3. The molecule has 64 heavy (non-hydrogen) atoms. The van der Waals surface area contributed by atoms with Gasteiger partial charge >= 0.3 is 0 Å². The highest BCUT2D eigenvalue weighted by Crippen LogP contribution is 2.40. The van der Waals surface area contributed by atoms with Crippen LogP contribution in [0.25, 0.3) is 5.65 Å². The molecule has 338 valence electrons. The number of anilines is 3. The van der Waals surface area contributed by atoms with Crippen LogP contribution in [0.1, 0.15) is 107 Å². The van der Waals surface area contributed by atoms with Gasteiger partial charge in [-0.2, -0.15) is 10.2 Å². The predicted molar refractivity (Wildman–Crippen MR) is 226 cm³/mol. The van der Waals surface area contributed by atoms with Crippen molar-refractivity contribution >= 4 is 52.4 Å². The number of alkyl halides is 2. The molecule has 1 aromatic carbocycles. The summed E-state index contributed by atoms with van der Waals surface area (Å²) in [5, 5.41) is 16.7. The minimum absolute atomic E-state index is 0.0118. The zero-order chi connectivity index (χ0) is 44.1. The van der Waals surface area contributed by atoms with Crippen LogP contribution in [0.15, 0.2) is 42.9 Å². The van der Waals surface area contributed by atoms with E-state index in [4.69, 9.17) is 14.5 Å². The summed E-state index contributed by atoms with van der Waals surface area (Å²) in [4.78, 5) is 74.4. The van der Waals surface area contributed by atoms with Gasteiger partial charge in [0.25, 0.3) is 24.1 Å². The minimum Gasteiger partial charge on any atom is -0.384 e. The minimum atomic E-state index is -2.86. The molecule has 4 aromatic rings. The molecule has 5 aliphatic heterocycles. The Bertz CT molecular complexity index is 2470. The normalized spacial score (nSPS) is 23.7. The second-order valence-corrected chi connectivity index (χ2v) is 18.1. The maximum atomic E-state index is 14.3. The molecule has 5 amide bonds. The predicted octanol–water partition coefficient (Wildman–Crippen LogP) is 4.07. The maximum absolute atomic E-state index is 14.3. The maximum Gasteiger partial charge on any atom is 0.284 e. The number of imide groups is 2. The lowest BCUT2D eigenvalue weighted by Crippen LogP contribution is -2.66. The van der Waals surface area contributed by atoms with Crippen molar-refractivity contribution in [2.45, 2.75) is 82.4 Å². The van der Waals surface area contributed by atoms with Gasteiger partial charge in [0, 0.05) is 70.4 Å². The van der Waals surface area contributed by atoms with Crippen molar-refractivity contribution in [3.05, 3.63) is 65.2 Å². The monoisotopic (exact) mass is 883 g/mol. The van der Waals surface area contributed by atoms with Gasteiger partial charge in [-0.1, -0.05) is 6.07 Å². The first-order valence-corrected chi connectivity index (χ1v) is 22.3. The van der Waals surface area contributed by atoms with Gasteiger partial charge in [0.15, 0.2) is 11.3 Å². The highest BCUT2D eigenvalue weighted by molar-refractivity contribution is 6.25. The van der Waals surface area contributed by atoms with Crippen LogP contribution in [0.4, 0.5) is 26.0 Å². The Morgan fingerprint density at radius 1 is 0.984 bits per heavy atom. The number of carbonyl (C=O) groups is 5. The van der Waals surface area contributed by atoms with Crippen LogP contribution >= 0.6 is 0 Å². The molecule has 1 unspecified atom stereocenters. The molecule has 6 aliphatic rings. The first-order valence-electron chi connectivity index (χ1n) is 22.3. The molecule has 5 fully saturated rings. The van der Waals surface area contributed by atoms with Crippen LogP contribution in [0, 0.1) is 11.3 Å².